The molecule has 2 nitrogen and oxygen atoms in total. The van der Waals surface area contributed by atoms with Crippen molar-refractivity contribution in [3.8, 4) is 0 Å². The fourth-order valence-electron chi connectivity index (χ4n) is 9.36. The molecule has 6 aliphatic rings. The Morgan fingerprint density at radius 3 is 2.49 bits per heavy atom. The number of hydrogen-bond donors (Lipinski definition) is 2. The van der Waals surface area contributed by atoms with Crippen LogP contribution in [0.3, 0.4) is 0 Å². The Morgan fingerprint density at radius 1 is 0.725 bits per heavy atom. The van der Waals surface area contributed by atoms with E-state index >= 15 is 0 Å². The summed E-state index contributed by atoms with van der Waals surface area (Å²) in [4.78, 5) is 0. The van der Waals surface area contributed by atoms with Crippen LogP contribution in [-0.4, -0.2) is 18.1 Å². The summed E-state index contributed by atoms with van der Waals surface area (Å²) in [5, 5.41) is 10.8. The molecule has 0 radical (unpaired) electrons. The number of fused-ring (bicyclic) bond motifs is 6. The van der Waals surface area contributed by atoms with Gasteiger partial charge < -0.3 is 10.6 Å². The van der Waals surface area contributed by atoms with Crippen molar-refractivity contribution in [3.05, 3.63) is 191 Å². The highest BCUT2D eigenvalue weighted by Gasteiger charge is 2.33. The molecule has 2 heteroatoms. The van der Waals surface area contributed by atoms with Gasteiger partial charge in [-0.3, -0.25) is 0 Å². The number of benzene rings is 3. The minimum Gasteiger partial charge on any atom is -0.378 e. The number of rotatable bonds is 9. The molecule has 9 rings (SSSR count). The van der Waals surface area contributed by atoms with Crippen LogP contribution in [0.1, 0.15) is 84.1 Å². The van der Waals surface area contributed by atoms with Crippen molar-refractivity contribution in [2.24, 2.45) is 5.92 Å². The minimum atomic E-state index is 0.171. The quantitative estimate of drug-likeness (QED) is 0.238. The molecule has 0 saturated carbocycles. The molecule has 7 unspecified atom stereocenters. The Balaban J connectivity index is 0.945. The lowest BCUT2D eigenvalue weighted by atomic mass is 9.71. The Labute approximate surface area is 303 Å². The van der Waals surface area contributed by atoms with Gasteiger partial charge in [0.25, 0.3) is 0 Å². The maximum absolute atomic E-state index is 4.16. The molecule has 3 aromatic carbocycles. The Bertz CT molecular complexity index is 2110. The van der Waals surface area contributed by atoms with Gasteiger partial charge in [-0.2, -0.15) is 0 Å². The number of hydrogen-bond acceptors (Lipinski definition) is 2. The average Bonchev–Trinajstić information content (AvgIpc) is 3.20. The second kappa shape index (κ2) is 14.4. The van der Waals surface area contributed by atoms with Crippen molar-refractivity contribution in [1.29, 1.82) is 0 Å². The third kappa shape index (κ3) is 6.54. The fourth-order valence-corrected chi connectivity index (χ4v) is 9.36. The molecule has 2 N–H and O–H groups in total. The molecule has 0 spiro atoms. The van der Waals surface area contributed by atoms with Crippen LogP contribution in [0, 0.1) is 5.92 Å². The zero-order chi connectivity index (χ0) is 34.0. The van der Waals surface area contributed by atoms with Crippen molar-refractivity contribution in [1.82, 2.24) is 10.6 Å². The van der Waals surface area contributed by atoms with Crippen LogP contribution in [0.25, 0.3) is 22.9 Å². The zero-order valence-corrected chi connectivity index (χ0v) is 29.4. The summed E-state index contributed by atoms with van der Waals surface area (Å²) in [6, 6.07) is 21.3. The van der Waals surface area contributed by atoms with E-state index in [0.29, 0.717) is 29.8 Å². The van der Waals surface area contributed by atoms with Gasteiger partial charge in [-0.25, -0.2) is 0 Å². The van der Waals surface area contributed by atoms with Crippen molar-refractivity contribution < 1.29 is 0 Å². The van der Waals surface area contributed by atoms with E-state index in [1.54, 1.807) is 5.57 Å². The second-order valence-corrected chi connectivity index (χ2v) is 15.0. The highest BCUT2D eigenvalue weighted by atomic mass is 15.0. The fraction of sp³-hybridized carbons (Fsp3) is 0.265. The molecule has 0 heterocycles. The first kappa shape index (κ1) is 32.0. The molecule has 51 heavy (non-hydrogen) atoms. The van der Waals surface area contributed by atoms with Crippen LogP contribution >= 0.6 is 0 Å². The highest BCUT2D eigenvalue weighted by Crippen LogP contribution is 2.46. The predicted molar refractivity (Wildman–Crippen MR) is 217 cm³/mol. The number of allylic oxidation sites excluding steroid dienone is 13. The average molecular weight is 665 g/mol. The van der Waals surface area contributed by atoms with E-state index in [4.69, 9.17) is 0 Å². The number of nitrogens with one attached hydrogen (secondary N) is 2. The first-order valence-corrected chi connectivity index (χ1v) is 19.2. The van der Waals surface area contributed by atoms with Crippen molar-refractivity contribution in [2.45, 2.75) is 74.4 Å². The third-order valence-corrected chi connectivity index (χ3v) is 12.0. The van der Waals surface area contributed by atoms with Gasteiger partial charge in [-0.1, -0.05) is 163 Å². The van der Waals surface area contributed by atoms with Gasteiger partial charge in [0.15, 0.2) is 0 Å². The van der Waals surface area contributed by atoms with Gasteiger partial charge in [0.1, 0.15) is 0 Å². The monoisotopic (exact) mass is 664 g/mol. The Kier molecular flexibility index (Phi) is 9.02. The summed E-state index contributed by atoms with van der Waals surface area (Å²) in [5.74, 6) is 1.49. The van der Waals surface area contributed by atoms with Crippen molar-refractivity contribution in [3.63, 3.8) is 0 Å². The van der Waals surface area contributed by atoms with Gasteiger partial charge in [-0.05, 0) is 83.2 Å². The molecule has 0 bridgehead atoms. The molecule has 7 atom stereocenters. The summed E-state index contributed by atoms with van der Waals surface area (Å²) in [6.07, 6.45) is 48.7. The van der Waals surface area contributed by atoms with Gasteiger partial charge in [-0.15, -0.1) is 0 Å². The third-order valence-electron chi connectivity index (χ3n) is 12.0. The van der Waals surface area contributed by atoms with Crippen LogP contribution in [0.5, 0.6) is 0 Å². The molecule has 0 fully saturated rings. The lowest BCUT2D eigenvalue weighted by Gasteiger charge is -2.36. The van der Waals surface area contributed by atoms with E-state index < -0.39 is 0 Å². The maximum atomic E-state index is 4.16. The Hall–Kier alpha value is -4.92. The smallest absolute Gasteiger partial charge is 0.0550 e. The largest absolute Gasteiger partial charge is 0.378 e. The normalized spacial score (nSPS) is 27.5. The minimum absolute atomic E-state index is 0.171. The van der Waals surface area contributed by atoms with E-state index in [1.165, 1.54) is 57.1 Å². The standard InChI is InChI=1S/C49H48N2/c1-2-13-34(14-3-1)25-32-48(43-23-12-18-35-15-4-7-19-40(35)43)51-39-29-27-38(28-30-39)50-47-24-11-10-22-44(47)46-33-37-17-6-8-20-41(37)45-31-26-36-16-5-9-21-42(36)49(45)46/h1-2,4-13,15-22,24,26-29,31,33,36,39,42-44,47-48,50-51H,3,14,23,25,30,32H2. The van der Waals surface area contributed by atoms with Crippen LogP contribution < -0.4 is 10.6 Å². The van der Waals surface area contributed by atoms with E-state index in [9.17, 15) is 0 Å². The van der Waals surface area contributed by atoms with E-state index in [2.05, 4.69) is 175 Å². The molecule has 0 amide bonds. The molecule has 0 saturated heterocycles. The summed E-state index contributed by atoms with van der Waals surface area (Å²) in [7, 11) is 0. The zero-order valence-electron chi connectivity index (χ0n) is 29.4. The van der Waals surface area contributed by atoms with Crippen molar-refractivity contribution >= 4 is 22.9 Å². The van der Waals surface area contributed by atoms with Gasteiger partial charge in [0.2, 0.25) is 0 Å². The first-order valence-electron chi connectivity index (χ1n) is 19.2. The van der Waals surface area contributed by atoms with Crippen molar-refractivity contribution in [2.75, 3.05) is 0 Å². The predicted octanol–water partition coefficient (Wildman–Crippen LogP) is 11.3. The SMILES string of the molecule is C1=CCCC(CCC(NC2C=CC(NC3C=CC=CC3c3cc4ccccc4c4c3C3C=CC=CC3C=C4)=CC2)C2CC=Cc3ccccc32)=C1. The van der Waals surface area contributed by atoms with E-state index in [-0.39, 0.29) is 12.0 Å². The summed E-state index contributed by atoms with van der Waals surface area (Å²) >= 11 is 0. The van der Waals surface area contributed by atoms with Crippen LogP contribution in [-0.2, 0) is 0 Å². The van der Waals surface area contributed by atoms with E-state index in [1.807, 2.05) is 0 Å². The molecular formula is C49H48N2. The highest BCUT2D eigenvalue weighted by molar-refractivity contribution is 5.94. The van der Waals surface area contributed by atoms with Gasteiger partial charge in [0.05, 0.1) is 6.04 Å². The summed E-state index contributed by atoms with van der Waals surface area (Å²) < 4.78 is 0. The lowest BCUT2D eigenvalue weighted by molar-refractivity contribution is 0.378. The molecular weight excluding hydrogens is 617 g/mol. The van der Waals surface area contributed by atoms with Crippen LogP contribution in [0.15, 0.2) is 163 Å². The second-order valence-electron chi connectivity index (χ2n) is 15.0. The van der Waals surface area contributed by atoms with Crippen LogP contribution in [0.2, 0.25) is 0 Å². The first-order chi connectivity index (χ1) is 25.3. The van der Waals surface area contributed by atoms with E-state index in [0.717, 1.165) is 25.7 Å². The van der Waals surface area contributed by atoms with Gasteiger partial charge >= 0.3 is 0 Å². The topological polar surface area (TPSA) is 24.1 Å². The molecule has 3 aromatic rings. The van der Waals surface area contributed by atoms with Crippen LogP contribution in [0.4, 0.5) is 0 Å². The molecule has 0 aliphatic heterocycles. The summed E-state index contributed by atoms with van der Waals surface area (Å²) in [6.45, 7) is 0. The lowest BCUT2D eigenvalue weighted by Crippen LogP contribution is -2.42. The molecule has 6 aliphatic carbocycles. The molecule has 254 valence electrons. The summed E-state index contributed by atoms with van der Waals surface area (Å²) in [5.41, 5.74) is 10.00. The maximum Gasteiger partial charge on any atom is 0.0550 e. The van der Waals surface area contributed by atoms with Gasteiger partial charge in [0, 0.05) is 41.5 Å². The molecule has 0 aromatic heterocycles. The Morgan fingerprint density at radius 2 is 1.59 bits per heavy atom.